The minimum Gasteiger partial charge on any atom is -0.469 e. The van der Waals surface area contributed by atoms with E-state index in [1.54, 1.807) is 6.07 Å². The van der Waals surface area contributed by atoms with Crippen molar-refractivity contribution in [3.63, 3.8) is 0 Å². The summed E-state index contributed by atoms with van der Waals surface area (Å²) in [4.78, 5) is 16.6. The number of aromatic nitrogens is 1. The summed E-state index contributed by atoms with van der Waals surface area (Å²) in [6.45, 7) is 0.435. The fraction of sp³-hybridized carbons (Fsp3) is 0.458. The zero-order chi connectivity index (χ0) is 22.4. The number of anilines is 2. The number of nitrogens with one attached hydrogen (secondary N) is 2. The molecule has 1 aromatic heterocycles. The number of nitriles is 1. The topological polar surface area (TPSA) is 87.0 Å². The SMILES string of the molecule is COC(=O)[C@@H]1C2CCC(CC2)[C@H]1Nc1cc(C2CNc3ncc(F)cc32)c(C#N)cc1F. The third-order valence-electron chi connectivity index (χ3n) is 7.38. The number of pyridine rings is 1. The normalized spacial score (nSPS) is 27.9. The van der Waals surface area contributed by atoms with Gasteiger partial charge in [0.25, 0.3) is 0 Å². The molecular formula is C24H24F2N4O2. The van der Waals surface area contributed by atoms with Crippen LogP contribution in [-0.2, 0) is 9.53 Å². The van der Waals surface area contributed by atoms with Gasteiger partial charge >= 0.3 is 5.97 Å². The molecule has 1 unspecified atom stereocenters. The van der Waals surface area contributed by atoms with Crippen LogP contribution in [0.3, 0.4) is 0 Å². The third kappa shape index (κ3) is 3.36. The number of esters is 1. The maximum atomic E-state index is 15.1. The summed E-state index contributed by atoms with van der Waals surface area (Å²) in [6, 6.07) is 6.10. The molecule has 2 aromatic rings. The Kier molecular flexibility index (Phi) is 5.20. The average molecular weight is 438 g/mol. The Bertz CT molecular complexity index is 1110. The summed E-state index contributed by atoms with van der Waals surface area (Å²) in [6.07, 6.45) is 5.08. The monoisotopic (exact) mass is 438 g/mol. The molecule has 1 aliphatic heterocycles. The number of halogens is 2. The van der Waals surface area contributed by atoms with Crippen molar-refractivity contribution in [1.82, 2.24) is 4.98 Å². The van der Waals surface area contributed by atoms with Gasteiger partial charge in [0.2, 0.25) is 0 Å². The molecule has 2 heterocycles. The van der Waals surface area contributed by atoms with Gasteiger partial charge in [-0.05, 0) is 61.3 Å². The number of fused-ring (bicyclic) bond motifs is 4. The molecular weight excluding hydrogens is 414 g/mol. The lowest BCUT2D eigenvalue weighted by Gasteiger charge is -2.47. The van der Waals surface area contributed by atoms with Crippen LogP contribution in [0.25, 0.3) is 0 Å². The van der Waals surface area contributed by atoms with Gasteiger partial charge in [0, 0.05) is 24.1 Å². The van der Waals surface area contributed by atoms with Crippen molar-refractivity contribution >= 4 is 17.5 Å². The van der Waals surface area contributed by atoms with E-state index in [2.05, 4.69) is 21.7 Å². The van der Waals surface area contributed by atoms with Crippen LogP contribution in [0.4, 0.5) is 20.3 Å². The van der Waals surface area contributed by atoms with Crippen LogP contribution in [0.2, 0.25) is 0 Å². The molecule has 1 aromatic carbocycles. The van der Waals surface area contributed by atoms with Crippen molar-refractivity contribution < 1.29 is 18.3 Å². The highest BCUT2D eigenvalue weighted by Crippen LogP contribution is 2.47. The molecule has 3 atom stereocenters. The van der Waals surface area contributed by atoms with Crippen LogP contribution in [0.5, 0.6) is 0 Å². The molecule has 6 rings (SSSR count). The van der Waals surface area contributed by atoms with Crippen molar-refractivity contribution in [2.24, 2.45) is 17.8 Å². The van der Waals surface area contributed by atoms with Crippen LogP contribution in [0, 0.1) is 40.7 Å². The fourth-order valence-electron chi connectivity index (χ4n) is 5.85. The lowest BCUT2D eigenvalue weighted by Crippen LogP contribution is -2.51. The number of benzene rings is 1. The molecule has 3 saturated carbocycles. The first-order chi connectivity index (χ1) is 15.5. The first-order valence-corrected chi connectivity index (χ1v) is 11.0. The number of nitrogens with zero attached hydrogens (tertiary/aromatic N) is 2. The van der Waals surface area contributed by atoms with E-state index in [4.69, 9.17) is 4.74 Å². The first-order valence-electron chi connectivity index (χ1n) is 11.0. The summed E-state index contributed by atoms with van der Waals surface area (Å²) in [5.74, 6) is -0.868. The molecule has 3 aliphatic carbocycles. The molecule has 2 bridgehead atoms. The Morgan fingerprint density at radius 1 is 1.19 bits per heavy atom. The lowest BCUT2D eigenvalue weighted by atomic mass is 9.61. The number of rotatable bonds is 4. The molecule has 8 heteroatoms. The van der Waals surface area contributed by atoms with Crippen LogP contribution >= 0.6 is 0 Å². The van der Waals surface area contributed by atoms with Crippen molar-refractivity contribution in [3.8, 4) is 6.07 Å². The number of ether oxygens (including phenoxy) is 1. The highest BCUT2D eigenvalue weighted by atomic mass is 19.1. The van der Waals surface area contributed by atoms with E-state index in [9.17, 15) is 14.4 Å². The van der Waals surface area contributed by atoms with Gasteiger partial charge in [-0.3, -0.25) is 4.79 Å². The summed E-state index contributed by atoms with van der Waals surface area (Å²) < 4.78 is 34.0. The maximum Gasteiger partial charge on any atom is 0.311 e. The van der Waals surface area contributed by atoms with Crippen molar-refractivity contribution in [1.29, 1.82) is 5.26 Å². The largest absolute Gasteiger partial charge is 0.469 e. The molecule has 32 heavy (non-hydrogen) atoms. The van der Waals surface area contributed by atoms with Crippen molar-refractivity contribution in [2.45, 2.75) is 37.6 Å². The quantitative estimate of drug-likeness (QED) is 0.697. The number of hydrogen-bond acceptors (Lipinski definition) is 6. The molecule has 6 nitrogen and oxygen atoms in total. The Hall–Kier alpha value is -3.21. The van der Waals surface area contributed by atoms with Crippen LogP contribution in [0.15, 0.2) is 24.4 Å². The molecule has 0 spiro atoms. The third-order valence-corrected chi connectivity index (χ3v) is 7.38. The van der Waals surface area contributed by atoms with Gasteiger partial charge in [0.1, 0.15) is 17.5 Å². The van der Waals surface area contributed by atoms with Gasteiger partial charge in [-0.15, -0.1) is 0 Å². The second-order valence-corrected chi connectivity index (χ2v) is 8.95. The molecule has 3 fully saturated rings. The van der Waals surface area contributed by atoms with Gasteiger partial charge < -0.3 is 15.4 Å². The number of carbonyl (C=O) groups excluding carboxylic acids is 1. The number of methoxy groups -OCH3 is 1. The predicted octanol–water partition coefficient (Wildman–Crippen LogP) is 4.18. The standard InChI is InChI=1S/C24H24F2N4O2/c1-32-24(31)21-12-2-4-13(5-3-12)22(21)30-20-8-16(14(9-27)6-19(20)26)18-11-29-23-17(18)7-15(25)10-28-23/h6-8,10,12-13,18,21-22,30H,2-5,11H2,1H3,(H,28,29)/t12?,13?,18?,21-,22-/m1/s1. The van der Waals surface area contributed by atoms with Gasteiger partial charge in [-0.25, -0.2) is 13.8 Å². The molecule has 4 aliphatic rings. The highest BCUT2D eigenvalue weighted by molar-refractivity contribution is 5.75. The van der Waals surface area contributed by atoms with Crippen molar-refractivity contribution in [2.75, 3.05) is 24.3 Å². The van der Waals surface area contributed by atoms with Gasteiger partial charge in [-0.2, -0.15) is 5.26 Å². The second kappa shape index (κ2) is 8.05. The lowest BCUT2D eigenvalue weighted by molar-refractivity contribution is -0.152. The van der Waals surface area contributed by atoms with Crippen molar-refractivity contribution in [3.05, 3.63) is 52.7 Å². The molecule has 2 N–H and O–H groups in total. The van der Waals surface area contributed by atoms with E-state index < -0.39 is 11.6 Å². The van der Waals surface area contributed by atoms with E-state index in [0.717, 1.165) is 31.9 Å². The zero-order valence-electron chi connectivity index (χ0n) is 17.7. The van der Waals surface area contributed by atoms with Crippen LogP contribution in [-0.4, -0.2) is 30.6 Å². The van der Waals surface area contributed by atoms with Gasteiger partial charge in [0.15, 0.2) is 0 Å². The van der Waals surface area contributed by atoms with Crippen LogP contribution in [0.1, 0.15) is 48.3 Å². The molecule has 0 saturated heterocycles. The second-order valence-electron chi connectivity index (χ2n) is 8.95. The fourth-order valence-corrected chi connectivity index (χ4v) is 5.85. The van der Waals surface area contributed by atoms with Crippen LogP contribution < -0.4 is 10.6 Å². The van der Waals surface area contributed by atoms with E-state index in [0.29, 0.717) is 23.5 Å². The highest BCUT2D eigenvalue weighted by Gasteiger charge is 2.48. The number of hydrogen-bond donors (Lipinski definition) is 2. The Labute approximate surface area is 185 Å². The predicted molar refractivity (Wildman–Crippen MR) is 114 cm³/mol. The minimum absolute atomic E-state index is 0.201. The van der Waals surface area contributed by atoms with E-state index in [1.165, 1.54) is 19.2 Å². The smallest absolute Gasteiger partial charge is 0.311 e. The summed E-state index contributed by atoms with van der Waals surface area (Å²) >= 11 is 0. The van der Waals surface area contributed by atoms with Gasteiger partial charge in [-0.1, -0.05) is 0 Å². The zero-order valence-corrected chi connectivity index (χ0v) is 17.7. The molecule has 0 radical (unpaired) electrons. The van der Waals surface area contributed by atoms with E-state index in [-0.39, 0.29) is 46.9 Å². The first kappa shape index (κ1) is 20.7. The Balaban J connectivity index is 1.52. The van der Waals surface area contributed by atoms with E-state index in [1.807, 2.05) is 0 Å². The number of carbonyl (C=O) groups is 1. The van der Waals surface area contributed by atoms with Gasteiger partial charge in [0.05, 0.1) is 36.5 Å². The minimum atomic E-state index is -0.543. The van der Waals surface area contributed by atoms with E-state index >= 15 is 4.39 Å². The summed E-state index contributed by atoms with van der Waals surface area (Å²) in [5, 5.41) is 16.1. The maximum absolute atomic E-state index is 15.1. The Morgan fingerprint density at radius 2 is 1.94 bits per heavy atom. The summed E-state index contributed by atoms with van der Waals surface area (Å²) in [7, 11) is 1.39. The Morgan fingerprint density at radius 3 is 2.66 bits per heavy atom. The molecule has 0 amide bonds. The average Bonchev–Trinajstić information content (AvgIpc) is 3.23. The summed E-state index contributed by atoms with van der Waals surface area (Å²) in [5.41, 5.74) is 1.70. The molecule has 166 valence electrons.